The third-order valence-corrected chi connectivity index (χ3v) is 4.65. The molecule has 0 radical (unpaired) electrons. The summed E-state index contributed by atoms with van der Waals surface area (Å²) in [4.78, 5) is 5.09. The lowest BCUT2D eigenvalue weighted by atomic mass is 10.1. The van der Waals surface area contributed by atoms with Crippen molar-refractivity contribution in [2.45, 2.75) is 25.4 Å². The van der Waals surface area contributed by atoms with Gasteiger partial charge < -0.3 is 5.11 Å². The Kier molecular flexibility index (Phi) is 2.80. The molecule has 0 atom stereocenters. The second-order valence-electron chi connectivity index (χ2n) is 5.10. The van der Waals surface area contributed by atoms with E-state index < -0.39 is 11.6 Å². The van der Waals surface area contributed by atoms with Gasteiger partial charge in [0, 0.05) is 11.5 Å². The van der Waals surface area contributed by atoms with Gasteiger partial charge in [-0.15, -0.1) is 0 Å². The quantitative estimate of drug-likeness (QED) is 0.809. The standard InChI is InChI=1S/C14H11F2N3OS/c15-9-4-3-8(5-10(9)16)12-11(6-20)19-14(17-12)21-13(18-19)7-1-2-7/h3-5,7,20H,1-2,6H2. The average molecular weight is 307 g/mol. The smallest absolute Gasteiger partial charge is 0.213 e. The molecule has 7 heteroatoms. The molecule has 0 unspecified atom stereocenters. The van der Waals surface area contributed by atoms with Crippen LogP contribution in [-0.2, 0) is 6.61 Å². The predicted molar refractivity (Wildman–Crippen MR) is 74.1 cm³/mol. The number of nitrogens with zero attached hydrogens (tertiary/aromatic N) is 3. The van der Waals surface area contributed by atoms with Gasteiger partial charge in [0.2, 0.25) is 4.96 Å². The van der Waals surface area contributed by atoms with Gasteiger partial charge in [-0.05, 0) is 31.0 Å². The molecule has 0 spiro atoms. The van der Waals surface area contributed by atoms with Crippen molar-refractivity contribution in [1.82, 2.24) is 14.6 Å². The first-order valence-electron chi connectivity index (χ1n) is 6.62. The number of hydrogen-bond acceptors (Lipinski definition) is 4. The van der Waals surface area contributed by atoms with Crippen LogP contribution in [0.3, 0.4) is 0 Å². The van der Waals surface area contributed by atoms with E-state index in [0.717, 1.165) is 30.0 Å². The average Bonchev–Trinajstić information content (AvgIpc) is 3.15. The minimum atomic E-state index is -0.931. The van der Waals surface area contributed by atoms with E-state index in [1.54, 1.807) is 4.52 Å². The van der Waals surface area contributed by atoms with Crippen molar-refractivity contribution in [3.8, 4) is 11.3 Å². The van der Waals surface area contributed by atoms with E-state index in [9.17, 15) is 13.9 Å². The summed E-state index contributed by atoms with van der Waals surface area (Å²) in [5, 5.41) is 15.1. The Morgan fingerprint density at radius 2 is 2.10 bits per heavy atom. The van der Waals surface area contributed by atoms with Crippen LogP contribution in [0.1, 0.15) is 29.5 Å². The van der Waals surface area contributed by atoms with E-state index in [2.05, 4.69) is 10.1 Å². The number of benzene rings is 1. The number of hydrogen-bond donors (Lipinski definition) is 1. The van der Waals surface area contributed by atoms with Crippen molar-refractivity contribution >= 4 is 16.3 Å². The molecule has 2 heterocycles. The highest BCUT2D eigenvalue weighted by Crippen LogP contribution is 2.42. The summed E-state index contributed by atoms with van der Waals surface area (Å²) >= 11 is 1.48. The van der Waals surface area contributed by atoms with E-state index in [4.69, 9.17) is 0 Å². The molecule has 0 saturated heterocycles. The van der Waals surface area contributed by atoms with Crippen LogP contribution in [0.5, 0.6) is 0 Å². The Labute approximate surface area is 122 Å². The molecule has 1 aliphatic carbocycles. The minimum Gasteiger partial charge on any atom is -0.390 e. The molecule has 1 aromatic carbocycles. The second-order valence-corrected chi connectivity index (χ2v) is 6.09. The first-order chi connectivity index (χ1) is 10.2. The molecule has 4 rings (SSSR count). The van der Waals surface area contributed by atoms with Crippen molar-refractivity contribution < 1.29 is 13.9 Å². The molecule has 3 aromatic rings. The maximum Gasteiger partial charge on any atom is 0.213 e. The lowest BCUT2D eigenvalue weighted by molar-refractivity contribution is 0.275. The highest BCUT2D eigenvalue weighted by Gasteiger charge is 2.29. The normalized spacial score (nSPS) is 15.0. The number of aliphatic hydroxyl groups excluding tert-OH is 1. The highest BCUT2D eigenvalue weighted by molar-refractivity contribution is 7.16. The number of imidazole rings is 1. The van der Waals surface area contributed by atoms with Gasteiger partial charge in [0.1, 0.15) is 5.01 Å². The highest BCUT2D eigenvalue weighted by atomic mass is 32.1. The van der Waals surface area contributed by atoms with Crippen LogP contribution in [-0.4, -0.2) is 19.7 Å². The van der Waals surface area contributed by atoms with E-state index in [1.165, 1.54) is 17.4 Å². The minimum absolute atomic E-state index is 0.261. The summed E-state index contributed by atoms with van der Waals surface area (Å²) in [5.74, 6) is -1.33. The molecule has 21 heavy (non-hydrogen) atoms. The van der Waals surface area contributed by atoms with Crippen LogP contribution in [0.25, 0.3) is 16.2 Å². The number of fused-ring (bicyclic) bond motifs is 1. The first kappa shape index (κ1) is 12.8. The van der Waals surface area contributed by atoms with E-state index in [-0.39, 0.29) is 6.61 Å². The van der Waals surface area contributed by atoms with Gasteiger partial charge in [0.15, 0.2) is 11.6 Å². The topological polar surface area (TPSA) is 50.4 Å². The molecule has 2 aromatic heterocycles. The molecule has 0 aliphatic heterocycles. The van der Waals surface area contributed by atoms with Crippen LogP contribution in [0, 0.1) is 11.6 Å². The van der Waals surface area contributed by atoms with Crippen LogP contribution in [0.15, 0.2) is 18.2 Å². The van der Waals surface area contributed by atoms with E-state index >= 15 is 0 Å². The van der Waals surface area contributed by atoms with Gasteiger partial charge in [0.05, 0.1) is 18.0 Å². The summed E-state index contributed by atoms with van der Waals surface area (Å²) in [6, 6.07) is 3.59. The number of aliphatic hydroxyl groups is 1. The van der Waals surface area contributed by atoms with Gasteiger partial charge >= 0.3 is 0 Å². The SMILES string of the molecule is OCc1c(-c2ccc(F)c(F)c2)nc2sc(C3CC3)nn12. The van der Waals surface area contributed by atoms with Crippen LogP contribution in [0.2, 0.25) is 0 Å². The third-order valence-electron chi connectivity index (χ3n) is 3.58. The summed E-state index contributed by atoms with van der Waals surface area (Å²) in [6.45, 7) is -0.261. The molecule has 1 saturated carbocycles. The Balaban J connectivity index is 1.87. The second kappa shape index (κ2) is 4.57. The van der Waals surface area contributed by atoms with Gasteiger partial charge in [0.25, 0.3) is 0 Å². The summed E-state index contributed by atoms with van der Waals surface area (Å²) in [7, 11) is 0. The molecule has 4 nitrogen and oxygen atoms in total. The van der Waals surface area contributed by atoms with E-state index in [1.807, 2.05) is 0 Å². The molecule has 1 N–H and O–H groups in total. The van der Waals surface area contributed by atoms with Crippen molar-refractivity contribution in [3.63, 3.8) is 0 Å². The lowest BCUT2D eigenvalue weighted by Gasteiger charge is -2.01. The molecule has 0 bridgehead atoms. The third kappa shape index (κ3) is 2.04. The van der Waals surface area contributed by atoms with Crippen molar-refractivity contribution in [2.24, 2.45) is 0 Å². The number of rotatable bonds is 3. The Morgan fingerprint density at radius 3 is 2.76 bits per heavy atom. The molecule has 108 valence electrons. The molecule has 1 aliphatic rings. The molecular formula is C14H11F2N3OS. The lowest BCUT2D eigenvalue weighted by Crippen LogP contribution is -1.97. The fourth-order valence-corrected chi connectivity index (χ4v) is 3.40. The maximum atomic E-state index is 13.4. The van der Waals surface area contributed by atoms with Gasteiger partial charge in [-0.1, -0.05) is 11.3 Å². The number of halogens is 2. The summed E-state index contributed by atoms with van der Waals surface area (Å²) < 4.78 is 28.0. The monoisotopic (exact) mass is 307 g/mol. The predicted octanol–water partition coefficient (Wildman–Crippen LogP) is 3.11. The van der Waals surface area contributed by atoms with Crippen LogP contribution < -0.4 is 0 Å². The van der Waals surface area contributed by atoms with Crippen LogP contribution >= 0.6 is 11.3 Å². The van der Waals surface area contributed by atoms with Gasteiger partial charge in [-0.3, -0.25) is 0 Å². The fourth-order valence-electron chi connectivity index (χ4n) is 2.32. The Hall–Kier alpha value is -1.86. The van der Waals surface area contributed by atoms with Gasteiger partial charge in [-0.2, -0.15) is 5.10 Å². The fraction of sp³-hybridized carbons (Fsp3) is 0.286. The Bertz CT molecular complexity index is 838. The maximum absolute atomic E-state index is 13.4. The molecular weight excluding hydrogens is 296 g/mol. The largest absolute Gasteiger partial charge is 0.390 e. The molecule has 0 amide bonds. The summed E-state index contributed by atoms with van der Waals surface area (Å²) in [5.41, 5.74) is 1.38. The molecule has 1 fully saturated rings. The van der Waals surface area contributed by atoms with Gasteiger partial charge in [-0.25, -0.2) is 18.3 Å². The van der Waals surface area contributed by atoms with Crippen LogP contribution in [0.4, 0.5) is 8.78 Å². The zero-order valence-electron chi connectivity index (χ0n) is 10.9. The van der Waals surface area contributed by atoms with E-state index in [0.29, 0.717) is 27.8 Å². The number of aromatic nitrogens is 3. The zero-order chi connectivity index (χ0) is 14.6. The summed E-state index contributed by atoms with van der Waals surface area (Å²) in [6.07, 6.45) is 2.28. The van der Waals surface area contributed by atoms with Crippen molar-refractivity contribution in [3.05, 3.63) is 40.5 Å². The Morgan fingerprint density at radius 1 is 1.29 bits per heavy atom. The van der Waals surface area contributed by atoms with Crippen molar-refractivity contribution in [2.75, 3.05) is 0 Å². The zero-order valence-corrected chi connectivity index (χ0v) is 11.7. The van der Waals surface area contributed by atoms with Crippen molar-refractivity contribution in [1.29, 1.82) is 0 Å². The first-order valence-corrected chi connectivity index (χ1v) is 7.43.